The van der Waals surface area contributed by atoms with Crippen LogP contribution in [0.5, 0.6) is 11.5 Å². The van der Waals surface area contributed by atoms with Crippen molar-refractivity contribution < 1.29 is 14.6 Å². The van der Waals surface area contributed by atoms with Crippen LogP contribution in [0.1, 0.15) is 83.9 Å². The van der Waals surface area contributed by atoms with E-state index >= 15 is 0 Å². The lowest BCUT2D eigenvalue weighted by atomic mass is 9.71. The molecule has 0 amide bonds. The molecule has 0 bridgehead atoms. The van der Waals surface area contributed by atoms with E-state index in [0.29, 0.717) is 16.9 Å². The summed E-state index contributed by atoms with van der Waals surface area (Å²) in [6, 6.07) is 17.7. The highest BCUT2D eigenvalue weighted by molar-refractivity contribution is 5.92. The predicted molar refractivity (Wildman–Crippen MR) is 157 cm³/mol. The molecule has 0 unspecified atom stereocenters. The number of hydrogen-bond donors (Lipinski definition) is 2. The van der Waals surface area contributed by atoms with Crippen LogP contribution >= 0.6 is 0 Å². The normalized spacial score (nSPS) is 12.1. The third-order valence-corrected chi connectivity index (χ3v) is 7.70. The molecule has 204 valence electrons. The first-order valence-corrected chi connectivity index (χ1v) is 13.6. The SMILES string of the molecule is C=C(C)C(=O)Oc1cc(C(C)(C)CCCCC)c(O)c(C(C)(C)c2ccccc2-c2cccc3[nH]nnc23)c1. The summed E-state index contributed by atoms with van der Waals surface area (Å²) in [6.45, 7) is 16.0. The highest BCUT2D eigenvalue weighted by Gasteiger charge is 2.34. The Kier molecular flexibility index (Phi) is 7.96. The van der Waals surface area contributed by atoms with Crippen LogP contribution in [0.15, 0.2) is 66.7 Å². The molecular weight excluding hydrogens is 486 g/mol. The number of aromatic amines is 1. The van der Waals surface area contributed by atoms with E-state index < -0.39 is 11.4 Å². The van der Waals surface area contributed by atoms with Gasteiger partial charge in [0.1, 0.15) is 17.0 Å². The van der Waals surface area contributed by atoms with Crippen molar-refractivity contribution >= 4 is 17.0 Å². The zero-order valence-corrected chi connectivity index (χ0v) is 23.9. The third kappa shape index (κ3) is 5.60. The Labute approximate surface area is 231 Å². The fraction of sp³-hybridized carbons (Fsp3) is 0.364. The van der Waals surface area contributed by atoms with Gasteiger partial charge < -0.3 is 9.84 Å². The van der Waals surface area contributed by atoms with Gasteiger partial charge in [-0.05, 0) is 48.1 Å². The minimum absolute atomic E-state index is 0.228. The molecule has 1 aromatic heterocycles. The third-order valence-electron chi connectivity index (χ3n) is 7.70. The Morgan fingerprint density at radius 3 is 2.38 bits per heavy atom. The summed E-state index contributed by atoms with van der Waals surface area (Å²) >= 11 is 0. The number of hydrogen-bond acceptors (Lipinski definition) is 5. The summed E-state index contributed by atoms with van der Waals surface area (Å²) in [6.07, 6.45) is 4.18. The van der Waals surface area contributed by atoms with Crippen LogP contribution in [-0.4, -0.2) is 26.5 Å². The maximum Gasteiger partial charge on any atom is 0.338 e. The van der Waals surface area contributed by atoms with Crippen molar-refractivity contribution in [2.45, 2.75) is 78.1 Å². The fourth-order valence-electron chi connectivity index (χ4n) is 5.30. The Bertz CT molecular complexity index is 1510. The Balaban J connectivity index is 1.91. The lowest BCUT2D eigenvalue weighted by Gasteiger charge is -2.33. The number of aromatic hydroxyl groups is 1. The van der Waals surface area contributed by atoms with Crippen molar-refractivity contribution in [2.75, 3.05) is 0 Å². The molecule has 0 fully saturated rings. The largest absolute Gasteiger partial charge is 0.507 e. The average molecular weight is 526 g/mol. The fourth-order valence-corrected chi connectivity index (χ4v) is 5.30. The molecule has 3 aromatic carbocycles. The molecule has 2 N–H and O–H groups in total. The molecule has 0 aliphatic heterocycles. The van der Waals surface area contributed by atoms with Gasteiger partial charge in [-0.1, -0.05) is 102 Å². The van der Waals surface area contributed by atoms with E-state index in [1.807, 2.05) is 36.4 Å². The lowest BCUT2D eigenvalue weighted by Crippen LogP contribution is -2.24. The highest BCUT2D eigenvalue weighted by Crippen LogP contribution is 2.48. The van der Waals surface area contributed by atoms with Crippen LogP contribution < -0.4 is 4.74 Å². The first kappa shape index (κ1) is 28.1. The van der Waals surface area contributed by atoms with Gasteiger partial charge in [-0.3, -0.25) is 5.10 Å². The molecule has 1 heterocycles. The minimum atomic E-state index is -0.660. The van der Waals surface area contributed by atoms with Gasteiger partial charge in [-0.15, -0.1) is 5.10 Å². The molecule has 0 spiro atoms. The monoisotopic (exact) mass is 525 g/mol. The molecule has 0 aliphatic carbocycles. The lowest BCUT2D eigenvalue weighted by molar-refractivity contribution is -0.130. The van der Waals surface area contributed by atoms with Gasteiger partial charge in [0.2, 0.25) is 0 Å². The summed E-state index contributed by atoms with van der Waals surface area (Å²) in [5, 5.41) is 23.1. The molecule has 6 nitrogen and oxygen atoms in total. The Morgan fingerprint density at radius 2 is 1.67 bits per heavy atom. The number of ether oxygens (including phenoxy) is 1. The number of carbonyl (C=O) groups excluding carboxylic acids is 1. The van der Waals surface area contributed by atoms with Crippen molar-refractivity contribution in [3.8, 4) is 22.6 Å². The summed E-state index contributed by atoms with van der Waals surface area (Å²) < 4.78 is 5.75. The summed E-state index contributed by atoms with van der Waals surface area (Å²) in [5.74, 6) is 0.141. The molecule has 0 atom stereocenters. The highest BCUT2D eigenvalue weighted by atomic mass is 16.5. The van der Waals surface area contributed by atoms with Crippen LogP contribution in [0.25, 0.3) is 22.2 Å². The van der Waals surface area contributed by atoms with Crippen molar-refractivity contribution in [2.24, 2.45) is 0 Å². The average Bonchev–Trinajstić information content (AvgIpc) is 3.38. The van der Waals surface area contributed by atoms with Gasteiger partial charge in [0.05, 0.1) is 5.52 Å². The van der Waals surface area contributed by atoms with Crippen molar-refractivity contribution in [3.05, 3.63) is 83.4 Å². The summed E-state index contributed by atoms with van der Waals surface area (Å²) in [7, 11) is 0. The van der Waals surface area contributed by atoms with Crippen molar-refractivity contribution in [3.63, 3.8) is 0 Å². The number of phenolic OH excluding ortho intramolecular Hbond substituents is 1. The smallest absolute Gasteiger partial charge is 0.338 e. The van der Waals surface area contributed by atoms with E-state index in [1.54, 1.807) is 13.0 Å². The zero-order chi connectivity index (χ0) is 28.4. The number of carbonyl (C=O) groups is 1. The van der Waals surface area contributed by atoms with E-state index in [2.05, 4.69) is 68.7 Å². The molecule has 39 heavy (non-hydrogen) atoms. The van der Waals surface area contributed by atoms with Crippen LogP contribution in [0.2, 0.25) is 0 Å². The van der Waals surface area contributed by atoms with Crippen LogP contribution in [0.4, 0.5) is 0 Å². The molecule has 0 saturated carbocycles. The quantitative estimate of drug-likeness (QED) is 0.0948. The topological polar surface area (TPSA) is 88.1 Å². The zero-order valence-electron chi connectivity index (χ0n) is 23.9. The molecular formula is C33H39N3O3. The van der Waals surface area contributed by atoms with Gasteiger partial charge >= 0.3 is 5.97 Å². The molecule has 0 radical (unpaired) electrons. The van der Waals surface area contributed by atoms with Crippen LogP contribution in [0, 0.1) is 0 Å². The number of esters is 1. The Hall–Kier alpha value is -3.93. The van der Waals surface area contributed by atoms with E-state index in [-0.39, 0.29) is 11.2 Å². The molecule has 4 rings (SSSR count). The molecule has 0 aliphatic rings. The second-order valence-corrected chi connectivity index (χ2v) is 11.6. The standard InChI is InChI=1S/C33H39N3O3/c1-8-9-12-18-32(4,5)26-19-22(39-31(38)21(2)3)20-27(30(26)37)33(6,7)25-16-11-10-14-23(25)24-15-13-17-28-29(24)35-36-34-28/h10-11,13-17,19-20,37H,2,8-9,12,18H2,1,3-7H3,(H,34,35,36). The number of nitrogens with zero attached hydrogens (tertiary/aromatic N) is 2. The number of phenols is 1. The molecule has 6 heteroatoms. The first-order valence-electron chi connectivity index (χ1n) is 13.6. The minimum Gasteiger partial charge on any atom is -0.507 e. The van der Waals surface area contributed by atoms with Gasteiger partial charge in [0.25, 0.3) is 0 Å². The number of benzene rings is 3. The second kappa shape index (κ2) is 11.0. The number of aromatic nitrogens is 3. The Morgan fingerprint density at radius 1 is 0.974 bits per heavy atom. The van der Waals surface area contributed by atoms with Gasteiger partial charge in [-0.25, -0.2) is 4.79 Å². The van der Waals surface area contributed by atoms with E-state index in [0.717, 1.165) is 59.0 Å². The van der Waals surface area contributed by atoms with Crippen LogP contribution in [0.3, 0.4) is 0 Å². The summed E-state index contributed by atoms with van der Waals surface area (Å²) in [5.41, 5.74) is 5.38. The van der Waals surface area contributed by atoms with Gasteiger partial charge in [0, 0.05) is 27.7 Å². The number of rotatable bonds is 10. The van der Waals surface area contributed by atoms with E-state index in [1.165, 1.54) is 0 Å². The maximum absolute atomic E-state index is 12.5. The first-order chi connectivity index (χ1) is 18.5. The van der Waals surface area contributed by atoms with E-state index in [4.69, 9.17) is 4.74 Å². The van der Waals surface area contributed by atoms with Crippen LogP contribution in [-0.2, 0) is 15.6 Å². The molecule has 0 saturated heterocycles. The maximum atomic E-state index is 12.5. The number of nitrogens with one attached hydrogen (secondary N) is 1. The second-order valence-electron chi connectivity index (χ2n) is 11.6. The molecule has 4 aromatic rings. The number of unbranched alkanes of at least 4 members (excludes halogenated alkanes) is 2. The van der Waals surface area contributed by atoms with E-state index in [9.17, 15) is 9.90 Å². The van der Waals surface area contributed by atoms with Gasteiger partial charge in [0.15, 0.2) is 0 Å². The van der Waals surface area contributed by atoms with Crippen molar-refractivity contribution in [1.82, 2.24) is 15.4 Å². The number of fused-ring (bicyclic) bond motifs is 1. The van der Waals surface area contributed by atoms with Gasteiger partial charge in [-0.2, -0.15) is 0 Å². The van der Waals surface area contributed by atoms with Crippen molar-refractivity contribution in [1.29, 1.82) is 0 Å². The number of H-pyrrole nitrogens is 1. The predicted octanol–water partition coefficient (Wildman–Crippen LogP) is 8.00. The summed E-state index contributed by atoms with van der Waals surface area (Å²) in [4.78, 5) is 12.5.